The number of halogens is 1. The molecule has 1 N–H and O–H groups in total. The molecule has 0 aromatic heterocycles. The van der Waals surface area contributed by atoms with Crippen molar-refractivity contribution in [3.8, 4) is 23.0 Å². The summed E-state index contributed by atoms with van der Waals surface area (Å²) in [5.74, 6) is 1.75. The summed E-state index contributed by atoms with van der Waals surface area (Å²) in [6.45, 7) is 1.66. The van der Waals surface area contributed by atoms with Crippen molar-refractivity contribution in [1.29, 1.82) is 0 Å². The Kier molecular flexibility index (Phi) is 7.31. The number of aryl methyl sites for hydroxylation is 1. The van der Waals surface area contributed by atoms with E-state index < -0.39 is 5.91 Å². The fourth-order valence-electron chi connectivity index (χ4n) is 2.28. The molecule has 0 radical (unpaired) electrons. The number of hydrazone groups is 1. The Bertz CT molecular complexity index is 814. The van der Waals surface area contributed by atoms with Gasteiger partial charge < -0.3 is 18.9 Å². The Morgan fingerprint density at radius 2 is 1.74 bits per heavy atom. The van der Waals surface area contributed by atoms with Crippen molar-refractivity contribution in [3.05, 3.63) is 46.5 Å². The van der Waals surface area contributed by atoms with Gasteiger partial charge in [0.05, 0.1) is 33.1 Å². The average molecular weight is 393 g/mol. The molecule has 0 spiro atoms. The summed E-state index contributed by atoms with van der Waals surface area (Å²) >= 11 is 5.89. The van der Waals surface area contributed by atoms with Crippen LogP contribution in [0.15, 0.2) is 35.4 Å². The van der Waals surface area contributed by atoms with Crippen LogP contribution in [0.5, 0.6) is 23.0 Å². The number of carbonyl (C=O) groups is 1. The van der Waals surface area contributed by atoms with E-state index in [9.17, 15) is 4.79 Å². The topological polar surface area (TPSA) is 78.4 Å². The van der Waals surface area contributed by atoms with Crippen molar-refractivity contribution in [1.82, 2.24) is 5.43 Å². The third-order valence-electron chi connectivity index (χ3n) is 3.63. The van der Waals surface area contributed by atoms with Gasteiger partial charge >= 0.3 is 0 Å². The SMILES string of the molecule is COc1cc(OC)c(C=NNC(=O)COc2ccc(Cl)cc2C)c(OC)c1. The average Bonchev–Trinajstić information content (AvgIpc) is 2.67. The highest BCUT2D eigenvalue weighted by atomic mass is 35.5. The molecule has 7 nitrogen and oxygen atoms in total. The fraction of sp³-hybridized carbons (Fsp3) is 0.263. The summed E-state index contributed by atoms with van der Waals surface area (Å²) in [7, 11) is 4.59. The van der Waals surface area contributed by atoms with Crippen LogP contribution in [0.1, 0.15) is 11.1 Å². The van der Waals surface area contributed by atoms with Gasteiger partial charge in [-0.3, -0.25) is 4.79 Å². The minimum Gasteiger partial charge on any atom is -0.496 e. The van der Waals surface area contributed by atoms with E-state index in [0.29, 0.717) is 33.6 Å². The summed E-state index contributed by atoms with van der Waals surface area (Å²) in [4.78, 5) is 11.9. The van der Waals surface area contributed by atoms with Gasteiger partial charge in [-0.25, -0.2) is 5.43 Å². The van der Waals surface area contributed by atoms with Gasteiger partial charge in [0.1, 0.15) is 23.0 Å². The number of carbonyl (C=O) groups excluding carboxylic acids is 1. The van der Waals surface area contributed by atoms with Crippen LogP contribution in [0.4, 0.5) is 0 Å². The molecule has 0 aliphatic carbocycles. The summed E-state index contributed by atoms with van der Waals surface area (Å²) in [6.07, 6.45) is 1.43. The lowest BCUT2D eigenvalue weighted by Gasteiger charge is -2.12. The first-order valence-electron chi connectivity index (χ1n) is 7.99. The number of hydrogen-bond donors (Lipinski definition) is 1. The summed E-state index contributed by atoms with van der Waals surface area (Å²) < 4.78 is 21.3. The minimum atomic E-state index is -0.410. The first-order chi connectivity index (χ1) is 13.0. The zero-order chi connectivity index (χ0) is 19.8. The monoisotopic (exact) mass is 392 g/mol. The molecular formula is C19H21ClN2O5. The molecule has 0 atom stereocenters. The van der Waals surface area contributed by atoms with Gasteiger partial charge in [0.15, 0.2) is 6.61 Å². The highest BCUT2D eigenvalue weighted by Crippen LogP contribution is 2.32. The van der Waals surface area contributed by atoms with Crippen molar-refractivity contribution in [2.45, 2.75) is 6.92 Å². The Balaban J connectivity index is 2.01. The fourth-order valence-corrected chi connectivity index (χ4v) is 2.51. The number of rotatable bonds is 8. The van der Waals surface area contributed by atoms with Crippen molar-refractivity contribution in [3.63, 3.8) is 0 Å². The molecule has 0 saturated carbocycles. The second-order valence-electron chi connectivity index (χ2n) is 5.44. The maximum atomic E-state index is 11.9. The van der Waals surface area contributed by atoms with Crippen molar-refractivity contribution in [2.75, 3.05) is 27.9 Å². The molecule has 0 saturated heterocycles. The third-order valence-corrected chi connectivity index (χ3v) is 3.87. The second kappa shape index (κ2) is 9.68. The van der Waals surface area contributed by atoms with Crippen molar-refractivity contribution in [2.24, 2.45) is 5.10 Å². The smallest absolute Gasteiger partial charge is 0.277 e. The second-order valence-corrected chi connectivity index (χ2v) is 5.87. The van der Waals surface area contributed by atoms with Crippen LogP contribution in [-0.2, 0) is 4.79 Å². The normalized spacial score (nSPS) is 10.6. The van der Waals surface area contributed by atoms with Gasteiger partial charge in [0.25, 0.3) is 5.91 Å². The summed E-state index contributed by atoms with van der Waals surface area (Å²) in [6, 6.07) is 8.55. The van der Waals surface area contributed by atoms with E-state index in [1.54, 1.807) is 37.4 Å². The van der Waals surface area contributed by atoms with Gasteiger partial charge in [0.2, 0.25) is 0 Å². The number of amides is 1. The number of nitrogens with zero attached hydrogens (tertiary/aromatic N) is 1. The molecule has 0 aliphatic heterocycles. The van der Waals surface area contributed by atoms with E-state index in [4.69, 9.17) is 30.5 Å². The lowest BCUT2D eigenvalue weighted by Crippen LogP contribution is -2.24. The van der Waals surface area contributed by atoms with Gasteiger partial charge in [-0.2, -0.15) is 5.10 Å². The molecule has 2 aromatic carbocycles. The Hall–Kier alpha value is -2.93. The first-order valence-corrected chi connectivity index (χ1v) is 8.37. The quantitative estimate of drug-likeness (QED) is 0.551. The van der Waals surface area contributed by atoms with E-state index in [2.05, 4.69) is 10.5 Å². The van der Waals surface area contributed by atoms with E-state index in [0.717, 1.165) is 5.56 Å². The van der Waals surface area contributed by atoms with Crippen molar-refractivity contribution < 1.29 is 23.7 Å². The molecule has 8 heteroatoms. The van der Waals surface area contributed by atoms with Gasteiger partial charge in [-0.15, -0.1) is 0 Å². The minimum absolute atomic E-state index is 0.184. The van der Waals surface area contributed by atoms with Crippen LogP contribution in [0, 0.1) is 6.92 Å². The third kappa shape index (κ3) is 5.52. The van der Waals surface area contributed by atoms with Crippen LogP contribution >= 0.6 is 11.6 Å². The number of ether oxygens (including phenoxy) is 4. The summed E-state index contributed by atoms with van der Waals surface area (Å²) in [5.41, 5.74) is 3.81. The van der Waals surface area contributed by atoms with E-state index in [-0.39, 0.29) is 6.61 Å². The van der Waals surface area contributed by atoms with Gasteiger partial charge in [0, 0.05) is 17.2 Å². The Morgan fingerprint density at radius 1 is 1.07 bits per heavy atom. The van der Waals surface area contributed by atoms with Gasteiger partial charge in [-0.05, 0) is 30.7 Å². The Labute approximate surface area is 162 Å². The maximum Gasteiger partial charge on any atom is 0.277 e. The molecule has 0 aliphatic rings. The predicted molar refractivity (Wildman–Crippen MR) is 104 cm³/mol. The van der Waals surface area contributed by atoms with Gasteiger partial charge in [-0.1, -0.05) is 11.6 Å². The van der Waals surface area contributed by atoms with E-state index in [1.165, 1.54) is 20.4 Å². The maximum absolute atomic E-state index is 11.9. The zero-order valence-electron chi connectivity index (χ0n) is 15.5. The molecule has 27 heavy (non-hydrogen) atoms. The lowest BCUT2D eigenvalue weighted by atomic mass is 10.2. The first kappa shape index (κ1) is 20.4. The van der Waals surface area contributed by atoms with Crippen LogP contribution in [0.25, 0.3) is 0 Å². The number of benzene rings is 2. The highest BCUT2D eigenvalue weighted by Gasteiger charge is 2.12. The van der Waals surface area contributed by atoms with Crippen molar-refractivity contribution >= 4 is 23.7 Å². The molecule has 1 amide bonds. The zero-order valence-corrected chi connectivity index (χ0v) is 16.3. The largest absolute Gasteiger partial charge is 0.496 e. The number of methoxy groups -OCH3 is 3. The van der Waals surface area contributed by atoms with Crippen LogP contribution in [0.2, 0.25) is 5.02 Å². The predicted octanol–water partition coefficient (Wildman–Crippen LogP) is 3.20. The molecule has 2 aromatic rings. The van der Waals surface area contributed by atoms with Crippen LogP contribution in [-0.4, -0.2) is 40.1 Å². The molecule has 144 valence electrons. The standard InChI is InChI=1S/C19H21ClN2O5/c1-12-7-13(20)5-6-16(12)27-11-19(23)22-21-10-15-17(25-3)8-14(24-2)9-18(15)26-4/h5-10H,11H2,1-4H3,(H,22,23). The molecular weight excluding hydrogens is 372 g/mol. The Morgan fingerprint density at radius 3 is 2.30 bits per heavy atom. The molecule has 0 unspecified atom stereocenters. The van der Waals surface area contributed by atoms with Crippen LogP contribution in [0.3, 0.4) is 0 Å². The highest BCUT2D eigenvalue weighted by molar-refractivity contribution is 6.30. The number of nitrogens with one attached hydrogen (secondary N) is 1. The molecule has 0 fully saturated rings. The summed E-state index contributed by atoms with van der Waals surface area (Å²) in [5, 5.41) is 4.54. The lowest BCUT2D eigenvalue weighted by molar-refractivity contribution is -0.123. The van der Waals surface area contributed by atoms with E-state index >= 15 is 0 Å². The van der Waals surface area contributed by atoms with Crippen LogP contribution < -0.4 is 24.4 Å². The molecule has 2 rings (SSSR count). The van der Waals surface area contributed by atoms with E-state index in [1.807, 2.05) is 6.92 Å². The molecule has 0 heterocycles. The number of hydrogen-bond acceptors (Lipinski definition) is 6. The molecule has 0 bridgehead atoms.